The molecule has 0 bridgehead atoms. The van der Waals surface area contributed by atoms with Crippen LogP contribution in [0.15, 0.2) is 36.4 Å². The second-order valence-electron chi connectivity index (χ2n) is 4.73. The minimum atomic E-state index is -0.361. The molecule has 20 heavy (non-hydrogen) atoms. The number of aryl methyl sites for hydroxylation is 2. The lowest BCUT2D eigenvalue weighted by molar-refractivity contribution is 0.298. The molecule has 104 valence electrons. The van der Waals surface area contributed by atoms with Crippen molar-refractivity contribution in [2.45, 2.75) is 20.5 Å². The smallest absolute Gasteiger partial charge is 0.130 e. The lowest BCUT2D eigenvalue weighted by Gasteiger charge is -2.11. The van der Waals surface area contributed by atoms with Crippen LogP contribution in [0.25, 0.3) is 0 Å². The molecule has 2 nitrogen and oxygen atoms in total. The lowest BCUT2D eigenvalue weighted by atomic mass is 10.1. The quantitative estimate of drug-likeness (QED) is 0.873. The SMILES string of the molecule is Cc1ccc(OCc2ccc(C(N)=S)cc2F)c(C)c1. The number of halogens is 1. The highest BCUT2D eigenvalue weighted by Crippen LogP contribution is 2.21. The molecule has 2 N–H and O–H groups in total. The molecule has 2 rings (SSSR count). The molecule has 0 amide bonds. The fourth-order valence-corrected chi connectivity index (χ4v) is 2.06. The summed E-state index contributed by atoms with van der Waals surface area (Å²) in [6, 6.07) is 10.6. The van der Waals surface area contributed by atoms with Crippen molar-refractivity contribution in [3.8, 4) is 5.75 Å². The topological polar surface area (TPSA) is 35.2 Å². The molecule has 0 aliphatic rings. The maximum absolute atomic E-state index is 13.9. The van der Waals surface area contributed by atoms with Crippen molar-refractivity contribution in [1.82, 2.24) is 0 Å². The third-order valence-corrected chi connectivity index (χ3v) is 3.29. The minimum absolute atomic E-state index is 0.174. The molecule has 2 aromatic carbocycles. The zero-order valence-corrected chi connectivity index (χ0v) is 12.3. The third kappa shape index (κ3) is 3.33. The van der Waals surface area contributed by atoms with Crippen molar-refractivity contribution in [3.63, 3.8) is 0 Å². The standard InChI is InChI=1S/C16H16FNOS/c1-10-3-6-15(11(2)7-10)19-9-13-5-4-12(16(18)20)8-14(13)17/h3-8H,9H2,1-2H3,(H2,18,20). The predicted molar refractivity (Wildman–Crippen MR) is 82.5 cm³/mol. The van der Waals surface area contributed by atoms with E-state index in [0.717, 1.165) is 11.3 Å². The Morgan fingerprint density at radius 2 is 1.95 bits per heavy atom. The van der Waals surface area contributed by atoms with Gasteiger partial charge in [0.1, 0.15) is 23.2 Å². The first kappa shape index (κ1) is 14.5. The van der Waals surface area contributed by atoms with Crippen molar-refractivity contribution in [3.05, 3.63) is 64.5 Å². The van der Waals surface area contributed by atoms with Gasteiger partial charge in [-0.3, -0.25) is 0 Å². The van der Waals surface area contributed by atoms with E-state index in [9.17, 15) is 4.39 Å². The maximum atomic E-state index is 13.9. The van der Waals surface area contributed by atoms with E-state index in [4.69, 9.17) is 22.7 Å². The Kier molecular flexibility index (Phi) is 4.35. The molecule has 0 fully saturated rings. The molecule has 0 spiro atoms. The van der Waals surface area contributed by atoms with Gasteiger partial charge in [0.2, 0.25) is 0 Å². The number of thiocarbonyl (C=S) groups is 1. The summed E-state index contributed by atoms with van der Waals surface area (Å²) < 4.78 is 19.5. The molecule has 0 unspecified atom stereocenters. The molecule has 0 atom stereocenters. The summed E-state index contributed by atoms with van der Waals surface area (Å²) in [5, 5.41) is 0. The van der Waals surface area contributed by atoms with Crippen LogP contribution in [0.2, 0.25) is 0 Å². The zero-order valence-electron chi connectivity index (χ0n) is 11.4. The second kappa shape index (κ2) is 6.01. The van der Waals surface area contributed by atoms with Gasteiger partial charge in [-0.15, -0.1) is 0 Å². The van der Waals surface area contributed by atoms with Crippen molar-refractivity contribution in [2.24, 2.45) is 5.73 Å². The van der Waals surface area contributed by atoms with Crippen LogP contribution < -0.4 is 10.5 Å². The number of rotatable bonds is 4. The van der Waals surface area contributed by atoms with Crippen LogP contribution in [0.5, 0.6) is 5.75 Å². The molecule has 0 aromatic heterocycles. The van der Waals surface area contributed by atoms with E-state index >= 15 is 0 Å². The Balaban J connectivity index is 2.13. The number of nitrogens with two attached hydrogens (primary N) is 1. The van der Waals surface area contributed by atoms with Crippen LogP contribution in [0.4, 0.5) is 4.39 Å². The Morgan fingerprint density at radius 1 is 1.20 bits per heavy atom. The van der Waals surface area contributed by atoms with Gasteiger partial charge >= 0.3 is 0 Å². The molecule has 0 radical (unpaired) electrons. The summed E-state index contributed by atoms with van der Waals surface area (Å²) >= 11 is 4.82. The van der Waals surface area contributed by atoms with E-state index in [1.807, 2.05) is 32.0 Å². The predicted octanol–water partition coefficient (Wildman–Crippen LogP) is 3.66. The molecule has 0 heterocycles. The van der Waals surface area contributed by atoms with E-state index < -0.39 is 0 Å². The van der Waals surface area contributed by atoms with Crippen LogP contribution in [-0.2, 0) is 6.61 Å². The number of hydrogen-bond donors (Lipinski definition) is 1. The fourth-order valence-electron chi connectivity index (χ4n) is 1.93. The number of benzene rings is 2. The molecule has 4 heteroatoms. The van der Waals surface area contributed by atoms with Crippen LogP contribution in [0.3, 0.4) is 0 Å². The molecule has 0 aliphatic carbocycles. The summed E-state index contributed by atoms with van der Waals surface area (Å²) in [6.45, 7) is 4.16. The van der Waals surface area contributed by atoms with Crippen molar-refractivity contribution >= 4 is 17.2 Å². The van der Waals surface area contributed by atoms with Crippen LogP contribution in [-0.4, -0.2) is 4.99 Å². The molecular formula is C16H16FNOS. The first-order valence-electron chi connectivity index (χ1n) is 6.25. The summed E-state index contributed by atoms with van der Waals surface area (Å²) in [5.41, 5.74) is 8.66. The highest BCUT2D eigenvalue weighted by atomic mass is 32.1. The molecule has 0 saturated carbocycles. The van der Waals surface area contributed by atoms with Crippen molar-refractivity contribution in [1.29, 1.82) is 0 Å². The Labute approximate surface area is 123 Å². The molecule has 2 aromatic rings. The number of hydrogen-bond acceptors (Lipinski definition) is 2. The van der Waals surface area contributed by atoms with Gasteiger partial charge in [0.25, 0.3) is 0 Å². The van der Waals surface area contributed by atoms with E-state index in [-0.39, 0.29) is 17.4 Å². The van der Waals surface area contributed by atoms with Gasteiger partial charge in [0.05, 0.1) is 0 Å². The second-order valence-corrected chi connectivity index (χ2v) is 5.17. The summed E-state index contributed by atoms with van der Waals surface area (Å²) in [6.07, 6.45) is 0. The Morgan fingerprint density at radius 3 is 2.55 bits per heavy atom. The van der Waals surface area contributed by atoms with E-state index in [1.165, 1.54) is 11.6 Å². The van der Waals surface area contributed by atoms with Crippen LogP contribution in [0, 0.1) is 19.7 Å². The number of ether oxygens (including phenoxy) is 1. The van der Waals surface area contributed by atoms with Crippen molar-refractivity contribution < 1.29 is 9.13 Å². The molecule has 0 saturated heterocycles. The summed E-state index contributed by atoms with van der Waals surface area (Å²) in [5.74, 6) is 0.397. The maximum Gasteiger partial charge on any atom is 0.130 e. The Bertz CT molecular complexity index is 655. The van der Waals surface area contributed by atoms with Crippen LogP contribution in [0.1, 0.15) is 22.3 Å². The zero-order chi connectivity index (χ0) is 14.7. The van der Waals surface area contributed by atoms with E-state index in [2.05, 4.69) is 0 Å². The first-order valence-corrected chi connectivity index (χ1v) is 6.66. The highest BCUT2D eigenvalue weighted by molar-refractivity contribution is 7.80. The van der Waals surface area contributed by atoms with Gasteiger partial charge in [-0.25, -0.2) is 4.39 Å². The van der Waals surface area contributed by atoms with Crippen LogP contribution >= 0.6 is 12.2 Å². The normalized spacial score (nSPS) is 10.3. The first-order chi connectivity index (χ1) is 9.47. The van der Waals surface area contributed by atoms with Crippen molar-refractivity contribution in [2.75, 3.05) is 0 Å². The molecular weight excluding hydrogens is 273 g/mol. The van der Waals surface area contributed by atoms with E-state index in [1.54, 1.807) is 12.1 Å². The average molecular weight is 289 g/mol. The van der Waals surface area contributed by atoms with Gasteiger partial charge in [-0.05, 0) is 31.5 Å². The minimum Gasteiger partial charge on any atom is -0.489 e. The summed E-state index contributed by atoms with van der Waals surface area (Å²) in [4.78, 5) is 0.186. The third-order valence-electron chi connectivity index (χ3n) is 3.05. The Hall–Kier alpha value is -1.94. The van der Waals surface area contributed by atoms with E-state index in [0.29, 0.717) is 11.1 Å². The average Bonchev–Trinajstić information content (AvgIpc) is 2.38. The van der Waals surface area contributed by atoms with Gasteiger partial charge in [-0.1, -0.05) is 42.0 Å². The van der Waals surface area contributed by atoms with Gasteiger partial charge in [0, 0.05) is 11.1 Å². The van der Waals surface area contributed by atoms with Gasteiger partial charge in [0.15, 0.2) is 0 Å². The summed E-state index contributed by atoms with van der Waals surface area (Å²) in [7, 11) is 0. The molecule has 0 aliphatic heterocycles. The fraction of sp³-hybridized carbons (Fsp3) is 0.188. The monoisotopic (exact) mass is 289 g/mol. The largest absolute Gasteiger partial charge is 0.489 e. The lowest BCUT2D eigenvalue weighted by Crippen LogP contribution is -2.10. The highest BCUT2D eigenvalue weighted by Gasteiger charge is 2.07. The van der Waals surface area contributed by atoms with Gasteiger partial charge < -0.3 is 10.5 Å². The van der Waals surface area contributed by atoms with Gasteiger partial charge in [-0.2, -0.15) is 0 Å².